The first-order valence-electron chi connectivity index (χ1n) is 11.1. The van der Waals surface area contributed by atoms with Gasteiger partial charge in [0, 0.05) is 24.0 Å². The summed E-state index contributed by atoms with van der Waals surface area (Å²) in [6, 6.07) is 11.9. The van der Waals surface area contributed by atoms with Gasteiger partial charge in [-0.25, -0.2) is 8.42 Å². The number of rotatable bonds is 9. The predicted molar refractivity (Wildman–Crippen MR) is 127 cm³/mol. The zero-order valence-corrected chi connectivity index (χ0v) is 20.1. The minimum Gasteiger partial charge on any atom is -0.481 e. The van der Waals surface area contributed by atoms with Crippen LogP contribution in [0, 0.1) is 0 Å². The number of aryl methyl sites for hydroxylation is 1. The quantitative estimate of drug-likeness (QED) is 0.546. The molecule has 3 rings (SSSR count). The molecule has 33 heavy (non-hydrogen) atoms. The van der Waals surface area contributed by atoms with Gasteiger partial charge in [0.1, 0.15) is 6.04 Å². The molecule has 2 N–H and O–H groups in total. The molecule has 2 aromatic carbocycles. The summed E-state index contributed by atoms with van der Waals surface area (Å²) in [5.41, 5.74) is 1.63. The summed E-state index contributed by atoms with van der Waals surface area (Å²) < 4.78 is 29.0. The van der Waals surface area contributed by atoms with E-state index in [1.54, 1.807) is 6.92 Å². The number of carbonyl (C=O) groups is 2. The first kappa shape index (κ1) is 25.2. The van der Waals surface area contributed by atoms with Crippen molar-refractivity contribution in [2.75, 3.05) is 6.54 Å². The first-order chi connectivity index (χ1) is 15.7. The van der Waals surface area contributed by atoms with Gasteiger partial charge in [0.05, 0.1) is 4.90 Å². The zero-order chi connectivity index (χ0) is 24.0. The van der Waals surface area contributed by atoms with Gasteiger partial charge in [-0.1, -0.05) is 35.9 Å². The van der Waals surface area contributed by atoms with E-state index in [9.17, 15) is 18.0 Å². The maximum atomic E-state index is 13.9. The van der Waals surface area contributed by atoms with Gasteiger partial charge in [-0.15, -0.1) is 0 Å². The molecule has 0 saturated carbocycles. The number of carboxylic acid groups (broad SMARTS) is 1. The Morgan fingerprint density at radius 3 is 2.58 bits per heavy atom. The smallest absolute Gasteiger partial charge is 0.303 e. The van der Waals surface area contributed by atoms with Crippen LogP contribution >= 0.6 is 11.6 Å². The van der Waals surface area contributed by atoms with Crippen LogP contribution in [-0.2, 0) is 26.0 Å². The number of nitrogens with zero attached hydrogens (tertiary/aromatic N) is 1. The van der Waals surface area contributed by atoms with E-state index in [0.29, 0.717) is 30.8 Å². The third-order valence-corrected chi connectivity index (χ3v) is 8.17. The van der Waals surface area contributed by atoms with Gasteiger partial charge in [0.15, 0.2) is 0 Å². The van der Waals surface area contributed by atoms with Crippen LogP contribution in [0.25, 0.3) is 0 Å². The summed E-state index contributed by atoms with van der Waals surface area (Å²) in [7, 11) is -4.04. The van der Waals surface area contributed by atoms with E-state index in [1.165, 1.54) is 28.6 Å². The van der Waals surface area contributed by atoms with Gasteiger partial charge in [-0.2, -0.15) is 4.31 Å². The monoisotopic (exact) mass is 492 g/mol. The molecule has 0 aromatic heterocycles. The number of amides is 1. The molecule has 1 amide bonds. The molecular weight excluding hydrogens is 464 g/mol. The minimum absolute atomic E-state index is 0.0283. The second kappa shape index (κ2) is 11.1. The summed E-state index contributed by atoms with van der Waals surface area (Å²) >= 11 is 5.97. The largest absolute Gasteiger partial charge is 0.481 e. The Balaban J connectivity index is 2.05. The van der Waals surface area contributed by atoms with E-state index >= 15 is 0 Å². The second-order valence-electron chi connectivity index (χ2n) is 8.21. The van der Waals surface area contributed by atoms with Crippen molar-refractivity contribution in [1.82, 2.24) is 9.62 Å². The number of sulfonamides is 1. The fraction of sp³-hybridized carbons (Fsp3) is 0.417. The normalized spacial score (nSPS) is 17.9. The Bertz CT molecular complexity index is 1090. The third kappa shape index (κ3) is 6.13. The minimum atomic E-state index is -4.04. The number of benzene rings is 2. The Hall–Kier alpha value is -2.42. The van der Waals surface area contributed by atoms with Crippen LogP contribution in [0.3, 0.4) is 0 Å². The molecule has 7 nitrogen and oxygen atoms in total. The molecule has 1 saturated heterocycles. The number of hydrogen-bond acceptors (Lipinski definition) is 4. The molecule has 2 atom stereocenters. The number of nitrogens with one attached hydrogen (secondary N) is 1. The molecule has 9 heteroatoms. The highest BCUT2D eigenvalue weighted by Gasteiger charge is 2.40. The Morgan fingerprint density at radius 1 is 1.18 bits per heavy atom. The van der Waals surface area contributed by atoms with Crippen molar-refractivity contribution < 1.29 is 23.1 Å². The van der Waals surface area contributed by atoms with E-state index in [-0.39, 0.29) is 17.2 Å². The van der Waals surface area contributed by atoms with Crippen molar-refractivity contribution in [3.63, 3.8) is 0 Å². The number of carbonyl (C=O) groups excluding carboxylic acids is 1. The Kier molecular flexibility index (Phi) is 8.51. The molecule has 0 bridgehead atoms. The molecule has 2 aromatic rings. The van der Waals surface area contributed by atoms with E-state index in [2.05, 4.69) is 5.32 Å². The fourth-order valence-electron chi connectivity index (χ4n) is 4.28. The molecule has 0 aliphatic carbocycles. The molecule has 1 fully saturated rings. The van der Waals surface area contributed by atoms with E-state index in [1.807, 2.05) is 24.3 Å². The van der Waals surface area contributed by atoms with Crippen molar-refractivity contribution in [2.45, 2.75) is 62.4 Å². The van der Waals surface area contributed by atoms with Crippen LogP contribution in [0.1, 0.15) is 56.2 Å². The summed E-state index contributed by atoms with van der Waals surface area (Å²) in [5.74, 6) is -1.18. The van der Waals surface area contributed by atoms with Crippen molar-refractivity contribution in [2.24, 2.45) is 0 Å². The van der Waals surface area contributed by atoms with Crippen LogP contribution in [-0.4, -0.2) is 42.3 Å². The number of aliphatic carboxylic acids is 1. The highest BCUT2D eigenvalue weighted by Crippen LogP contribution is 2.34. The van der Waals surface area contributed by atoms with Crippen LogP contribution in [0.2, 0.25) is 5.02 Å². The lowest BCUT2D eigenvalue weighted by Gasteiger charge is -2.35. The molecule has 1 aliphatic heterocycles. The summed E-state index contributed by atoms with van der Waals surface area (Å²) in [4.78, 5) is 24.0. The fourth-order valence-corrected chi connectivity index (χ4v) is 6.19. The van der Waals surface area contributed by atoms with Gasteiger partial charge in [0.25, 0.3) is 0 Å². The van der Waals surface area contributed by atoms with Gasteiger partial charge in [-0.3, -0.25) is 9.59 Å². The molecule has 1 heterocycles. The topological polar surface area (TPSA) is 104 Å². The van der Waals surface area contributed by atoms with Crippen molar-refractivity contribution in [3.05, 3.63) is 64.7 Å². The molecule has 178 valence electrons. The van der Waals surface area contributed by atoms with Crippen LogP contribution < -0.4 is 5.32 Å². The maximum absolute atomic E-state index is 13.9. The third-order valence-electron chi connectivity index (χ3n) is 5.93. The predicted octanol–water partition coefficient (Wildman–Crippen LogP) is 4.17. The van der Waals surface area contributed by atoms with Gasteiger partial charge in [-0.05, 0) is 74.4 Å². The van der Waals surface area contributed by atoms with Crippen LogP contribution in [0.5, 0.6) is 0 Å². The van der Waals surface area contributed by atoms with Crippen molar-refractivity contribution in [1.29, 1.82) is 0 Å². The van der Waals surface area contributed by atoms with Crippen molar-refractivity contribution in [3.8, 4) is 0 Å². The number of hydrogen-bond donors (Lipinski definition) is 2. The Labute approximate surface area is 199 Å². The van der Waals surface area contributed by atoms with E-state index < -0.39 is 28.1 Å². The van der Waals surface area contributed by atoms with Crippen LogP contribution in [0.15, 0.2) is 53.4 Å². The van der Waals surface area contributed by atoms with Crippen LogP contribution in [0.4, 0.5) is 0 Å². The zero-order valence-electron chi connectivity index (χ0n) is 18.5. The van der Waals surface area contributed by atoms with E-state index in [4.69, 9.17) is 16.7 Å². The number of halogens is 1. The molecule has 0 radical (unpaired) electrons. The first-order valence-corrected chi connectivity index (χ1v) is 12.9. The summed E-state index contributed by atoms with van der Waals surface area (Å²) in [6.07, 6.45) is 2.90. The molecular formula is C24H29ClN2O5S. The summed E-state index contributed by atoms with van der Waals surface area (Å²) in [5, 5.41) is 12.3. The molecule has 2 unspecified atom stereocenters. The second-order valence-corrected chi connectivity index (χ2v) is 10.5. The van der Waals surface area contributed by atoms with E-state index in [0.717, 1.165) is 24.0 Å². The average Bonchev–Trinajstić information content (AvgIpc) is 2.98. The highest BCUT2D eigenvalue weighted by molar-refractivity contribution is 7.89. The van der Waals surface area contributed by atoms with Gasteiger partial charge >= 0.3 is 5.97 Å². The molecule has 1 aliphatic rings. The molecule has 0 spiro atoms. The Morgan fingerprint density at radius 2 is 1.88 bits per heavy atom. The lowest BCUT2D eigenvalue weighted by molar-refractivity contribution is -0.137. The highest BCUT2D eigenvalue weighted by atomic mass is 35.5. The maximum Gasteiger partial charge on any atom is 0.303 e. The van der Waals surface area contributed by atoms with Gasteiger partial charge in [0.2, 0.25) is 15.9 Å². The summed E-state index contributed by atoms with van der Waals surface area (Å²) in [6.45, 7) is 2.30. The average molecular weight is 493 g/mol. The lowest BCUT2D eigenvalue weighted by atomic mass is 9.96. The standard InChI is InChI=1S/C24H29ClN2O5S/c1-17(21-9-3-2-7-18(21)8-6-11-23(28)29)27(22-10-4-5-16-26-24(22)30)33(31,32)20-14-12-19(25)13-15-20/h2-3,7,9,12-15,17,22H,4-6,8,10-11,16H2,1H3,(H,26,30)(H,28,29). The van der Waals surface area contributed by atoms with Crippen molar-refractivity contribution >= 4 is 33.5 Å². The lowest BCUT2D eigenvalue weighted by Crippen LogP contribution is -2.49. The van der Waals surface area contributed by atoms with Gasteiger partial charge < -0.3 is 10.4 Å². The SMILES string of the molecule is CC(c1ccccc1CCCC(=O)O)N(C1CCCCNC1=O)S(=O)(=O)c1ccc(Cl)cc1. The number of carboxylic acids is 1.